The van der Waals surface area contributed by atoms with Gasteiger partial charge in [0.1, 0.15) is 0 Å². The summed E-state index contributed by atoms with van der Waals surface area (Å²) in [7, 11) is 0. The van der Waals surface area contributed by atoms with E-state index in [1.807, 2.05) is 0 Å². The average Bonchev–Trinajstić information content (AvgIpc) is 3.12. The van der Waals surface area contributed by atoms with Crippen molar-refractivity contribution in [1.82, 2.24) is 20.3 Å². The Hall–Kier alpha value is -2.42. The SMILES string of the molecule is CC(NC(=O)c1cn(C2CCOCC2)nn1)c1cccc(C(F)(F)F)c1. The van der Waals surface area contributed by atoms with Crippen molar-refractivity contribution in [2.75, 3.05) is 13.2 Å². The highest BCUT2D eigenvalue weighted by atomic mass is 19.4. The van der Waals surface area contributed by atoms with Gasteiger partial charge in [-0.2, -0.15) is 13.2 Å². The van der Waals surface area contributed by atoms with Gasteiger partial charge >= 0.3 is 6.18 Å². The Kier molecular flexibility index (Phi) is 5.26. The summed E-state index contributed by atoms with van der Waals surface area (Å²) >= 11 is 0. The Morgan fingerprint density at radius 3 is 2.77 bits per heavy atom. The number of hydrogen-bond acceptors (Lipinski definition) is 4. The quantitative estimate of drug-likeness (QED) is 0.900. The Balaban J connectivity index is 1.67. The zero-order valence-electron chi connectivity index (χ0n) is 14.2. The van der Waals surface area contributed by atoms with Crippen LogP contribution in [-0.4, -0.2) is 34.1 Å². The number of alkyl halides is 3. The third-order valence-corrected chi connectivity index (χ3v) is 4.37. The van der Waals surface area contributed by atoms with Crippen molar-refractivity contribution >= 4 is 5.91 Å². The van der Waals surface area contributed by atoms with E-state index < -0.39 is 23.7 Å². The number of nitrogens with one attached hydrogen (secondary N) is 1. The molecule has 2 heterocycles. The minimum absolute atomic E-state index is 0.135. The van der Waals surface area contributed by atoms with E-state index in [1.54, 1.807) is 23.9 Å². The van der Waals surface area contributed by atoms with Gasteiger partial charge in [-0.3, -0.25) is 4.79 Å². The Morgan fingerprint density at radius 2 is 2.08 bits per heavy atom. The van der Waals surface area contributed by atoms with Gasteiger partial charge < -0.3 is 10.1 Å². The second kappa shape index (κ2) is 7.45. The molecule has 1 N–H and O–H groups in total. The van der Waals surface area contributed by atoms with E-state index in [0.29, 0.717) is 18.8 Å². The standard InChI is InChI=1S/C17H19F3N4O2/c1-11(12-3-2-4-13(9-12)17(18,19)20)21-16(25)15-10-24(23-22-15)14-5-7-26-8-6-14/h2-4,9-11,14H,5-8H2,1H3,(H,21,25). The molecule has 1 amide bonds. The second-order valence-electron chi connectivity index (χ2n) is 6.25. The van der Waals surface area contributed by atoms with Crippen LogP contribution >= 0.6 is 0 Å². The first-order valence-electron chi connectivity index (χ1n) is 8.32. The van der Waals surface area contributed by atoms with Gasteiger partial charge in [0.2, 0.25) is 0 Å². The number of nitrogens with zero attached hydrogens (tertiary/aromatic N) is 3. The van der Waals surface area contributed by atoms with Crippen LogP contribution in [0.15, 0.2) is 30.5 Å². The molecule has 9 heteroatoms. The maximum atomic E-state index is 12.8. The molecule has 0 spiro atoms. The molecule has 0 saturated carbocycles. The first-order chi connectivity index (χ1) is 12.3. The fourth-order valence-electron chi connectivity index (χ4n) is 2.85. The number of amides is 1. The van der Waals surface area contributed by atoms with Gasteiger partial charge in [-0.15, -0.1) is 5.10 Å². The molecule has 0 bridgehead atoms. The van der Waals surface area contributed by atoms with Crippen molar-refractivity contribution in [3.63, 3.8) is 0 Å². The van der Waals surface area contributed by atoms with Crippen LogP contribution < -0.4 is 5.32 Å². The zero-order chi connectivity index (χ0) is 18.7. The molecule has 1 aromatic carbocycles. The lowest BCUT2D eigenvalue weighted by Crippen LogP contribution is -2.27. The van der Waals surface area contributed by atoms with Gasteiger partial charge in [0.05, 0.1) is 23.8 Å². The normalized spacial score (nSPS) is 17.1. The first kappa shape index (κ1) is 18.4. The van der Waals surface area contributed by atoms with Crippen LogP contribution in [0.25, 0.3) is 0 Å². The monoisotopic (exact) mass is 368 g/mol. The van der Waals surface area contributed by atoms with Gasteiger partial charge in [0.25, 0.3) is 5.91 Å². The number of benzene rings is 1. The number of ether oxygens (including phenoxy) is 1. The molecule has 1 saturated heterocycles. The maximum absolute atomic E-state index is 12.8. The lowest BCUT2D eigenvalue weighted by Gasteiger charge is -2.21. The number of carbonyl (C=O) groups excluding carboxylic acids is 1. The fourth-order valence-corrected chi connectivity index (χ4v) is 2.85. The smallest absolute Gasteiger partial charge is 0.381 e. The number of aromatic nitrogens is 3. The third kappa shape index (κ3) is 4.21. The highest BCUT2D eigenvalue weighted by molar-refractivity contribution is 5.92. The molecule has 0 radical (unpaired) electrons. The van der Waals surface area contributed by atoms with Gasteiger partial charge in [0.15, 0.2) is 5.69 Å². The molecule has 1 unspecified atom stereocenters. The minimum Gasteiger partial charge on any atom is -0.381 e. The lowest BCUT2D eigenvalue weighted by molar-refractivity contribution is -0.137. The van der Waals surface area contributed by atoms with Crippen molar-refractivity contribution in [1.29, 1.82) is 0 Å². The molecule has 140 valence electrons. The Bertz CT molecular complexity index is 769. The van der Waals surface area contributed by atoms with Gasteiger partial charge in [-0.05, 0) is 37.5 Å². The molecule has 1 aliphatic heterocycles. The van der Waals surface area contributed by atoms with Crippen LogP contribution in [0.4, 0.5) is 13.2 Å². The van der Waals surface area contributed by atoms with Crippen LogP contribution in [-0.2, 0) is 10.9 Å². The largest absolute Gasteiger partial charge is 0.416 e. The van der Waals surface area contributed by atoms with Crippen molar-refractivity contribution in [3.05, 3.63) is 47.3 Å². The highest BCUT2D eigenvalue weighted by Gasteiger charge is 2.31. The molecule has 6 nitrogen and oxygen atoms in total. The predicted octanol–water partition coefficient (Wildman–Crippen LogP) is 3.14. The summed E-state index contributed by atoms with van der Waals surface area (Å²) in [5.74, 6) is -0.478. The van der Waals surface area contributed by atoms with E-state index in [0.717, 1.165) is 25.0 Å². The number of rotatable bonds is 4. The third-order valence-electron chi connectivity index (χ3n) is 4.37. The summed E-state index contributed by atoms with van der Waals surface area (Å²) in [6, 6.07) is 4.43. The topological polar surface area (TPSA) is 69.0 Å². The molecule has 1 atom stereocenters. The van der Waals surface area contributed by atoms with Crippen LogP contribution in [0.2, 0.25) is 0 Å². The maximum Gasteiger partial charge on any atom is 0.416 e. The van der Waals surface area contributed by atoms with Gasteiger partial charge in [0, 0.05) is 13.2 Å². The summed E-state index contributed by atoms with van der Waals surface area (Å²) in [5, 5.41) is 10.5. The number of hydrogen-bond donors (Lipinski definition) is 1. The van der Waals surface area contributed by atoms with E-state index in [1.165, 1.54) is 6.07 Å². The van der Waals surface area contributed by atoms with Gasteiger partial charge in [-0.25, -0.2) is 4.68 Å². The van der Waals surface area contributed by atoms with Crippen molar-refractivity contribution in [2.24, 2.45) is 0 Å². The molecule has 1 fully saturated rings. The lowest BCUT2D eigenvalue weighted by atomic mass is 10.0. The van der Waals surface area contributed by atoms with E-state index in [9.17, 15) is 18.0 Å². The predicted molar refractivity (Wildman–Crippen MR) is 86.4 cm³/mol. The van der Waals surface area contributed by atoms with Crippen molar-refractivity contribution in [2.45, 2.75) is 38.0 Å². The van der Waals surface area contributed by atoms with Gasteiger partial charge in [-0.1, -0.05) is 17.3 Å². The Morgan fingerprint density at radius 1 is 1.35 bits per heavy atom. The molecular formula is C17H19F3N4O2. The molecule has 26 heavy (non-hydrogen) atoms. The molecule has 2 aromatic rings. The number of carbonyl (C=O) groups is 1. The molecule has 1 aliphatic rings. The van der Waals surface area contributed by atoms with Crippen LogP contribution in [0, 0.1) is 0 Å². The minimum atomic E-state index is -4.42. The van der Waals surface area contributed by atoms with Crippen molar-refractivity contribution in [3.8, 4) is 0 Å². The van der Waals surface area contributed by atoms with Crippen LogP contribution in [0.5, 0.6) is 0 Å². The molecule has 0 aliphatic carbocycles. The van der Waals surface area contributed by atoms with Crippen molar-refractivity contribution < 1.29 is 22.7 Å². The van der Waals surface area contributed by atoms with E-state index in [-0.39, 0.29) is 11.7 Å². The van der Waals surface area contributed by atoms with E-state index in [4.69, 9.17) is 4.74 Å². The first-order valence-corrected chi connectivity index (χ1v) is 8.32. The summed E-state index contributed by atoms with van der Waals surface area (Å²) in [6.45, 7) is 2.90. The second-order valence-corrected chi connectivity index (χ2v) is 6.25. The van der Waals surface area contributed by atoms with Crippen LogP contribution in [0.1, 0.15) is 53.5 Å². The fraction of sp³-hybridized carbons (Fsp3) is 0.471. The summed E-state index contributed by atoms with van der Waals surface area (Å²) in [5.41, 5.74) is -0.248. The molecule has 1 aromatic heterocycles. The Labute approximate surface area is 148 Å². The molecular weight excluding hydrogens is 349 g/mol. The number of halogens is 3. The van der Waals surface area contributed by atoms with E-state index in [2.05, 4.69) is 15.6 Å². The van der Waals surface area contributed by atoms with E-state index >= 15 is 0 Å². The zero-order valence-corrected chi connectivity index (χ0v) is 14.2. The molecule has 3 rings (SSSR count). The highest BCUT2D eigenvalue weighted by Crippen LogP contribution is 2.30. The summed E-state index contributed by atoms with van der Waals surface area (Å²) < 4.78 is 45.4. The summed E-state index contributed by atoms with van der Waals surface area (Å²) in [4.78, 5) is 12.3. The summed E-state index contributed by atoms with van der Waals surface area (Å²) in [6.07, 6.45) is -1.27. The van der Waals surface area contributed by atoms with Crippen LogP contribution in [0.3, 0.4) is 0 Å². The average molecular weight is 368 g/mol.